The van der Waals surface area contributed by atoms with E-state index in [-0.39, 0.29) is 12.8 Å². The van der Waals surface area contributed by atoms with E-state index in [0.29, 0.717) is 38.5 Å². The second kappa shape index (κ2) is 11.7. The summed E-state index contributed by atoms with van der Waals surface area (Å²) >= 11 is 0. The van der Waals surface area contributed by atoms with Crippen LogP contribution in [0.15, 0.2) is 13.2 Å². The summed E-state index contributed by atoms with van der Waals surface area (Å²) < 4.78 is 0. The van der Waals surface area contributed by atoms with Gasteiger partial charge in [-0.1, -0.05) is 19.2 Å². The van der Waals surface area contributed by atoms with E-state index in [4.69, 9.17) is 0 Å². The monoisotopic (exact) mass is 582 g/mol. The van der Waals surface area contributed by atoms with Gasteiger partial charge in [0, 0.05) is 89.6 Å². The number of carbonyl (C=O) groups is 2. The van der Waals surface area contributed by atoms with Crippen LogP contribution in [-0.2, 0) is 48.1 Å². The normalized spacial score (nSPS) is 12.9. The molecule has 0 spiro atoms. The largest absolute Gasteiger partial charge is 0.481 e. The maximum atomic E-state index is 11.6. The van der Waals surface area contributed by atoms with Crippen LogP contribution in [0.5, 0.6) is 0 Å². The van der Waals surface area contributed by atoms with E-state index in [9.17, 15) is 19.8 Å². The van der Waals surface area contributed by atoms with Gasteiger partial charge in [0.2, 0.25) is 0 Å². The first-order valence-corrected chi connectivity index (χ1v) is 14.9. The SMILES string of the molecule is C=Cc1c2[nH]c(c1C)Cc1[nH]c(c(C)c1C(=C)C)Cc1[nH]c(c(CCC(=O)O)c1C)Cc1[nH]c(c(C)c1CCC(=O)O)C2. The molecule has 0 aromatic carbocycles. The van der Waals surface area contributed by atoms with Gasteiger partial charge in [0.25, 0.3) is 0 Å². The van der Waals surface area contributed by atoms with Gasteiger partial charge in [-0.05, 0) is 92.0 Å². The lowest BCUT2D eigenvalue weighted by molar-refractivity contribution is -0.138. The highest BCUT2D eigenvalue weighted by molar-refractivity contribution is 5.70. The lowest BCUT2D eigenvalue weighted by Crippen LogP contribution is -2.04. The number of rotatable bonds is 8. The molecule has 6 N–H and O–H groups in total. The van der Waals surface area contributed by atoms with Crippen molar-refractivity contribution in [3.63, 3.8) is 0 Å². The molecule has 8 bridgehead atoms. The molecule has 0 amide bonds. The Bertz CT molecular complexity index is 1770. The molecule has 226 valence electrons. The second-order valence-corrected chi connectivity index (χ2v) is 12.1. The minimum Gasteiger partial charge on any atom is -0.481 e. The standard InChI is InChI=1S/C35H42N4O4/c1-8-22-18(4)27-15-32-35(17(2)3)21(7)28(39-32)13-25-19(5)23(9-11-33(40)41)30(37-25)16-31-24(10-12-34(42)43)20(6)26(38-31)14-29(22)36-27/h8,36-39H,1-2,9-16H2,3-7H3,(H,40,41)(H,42,43). The van der Waals surface area contributed by atoms with Crippen molar-refractivity contribution in [2.45, 2.75) is 86.0 Å². The average Bonchev–Trinajstić information content (AvgIpc) is 3.59. The number of hydrogen-bond acceptors (Lipinski definition) is 2. The van der Waals surface area contributed by atoms with Crippen LogP contribution in [0.2, 0.25) is 0 Å². The van der Waals surface area contributed by atoms with Crippen molar-refractivity contribution in [2.24, 2.45) is 0 Å². The van der Waals surface area contributed by atoms with E-state index in [0.717, 1.165) is 84.5 Å². The van der Waals surface area contributed by atoms with E-state index in [1.54, 1.807) is 0 Å². The van der Waals surface area contributed by atoms with Gasteiger partial charge in [-0.3, -0.25) is 9.59 Å². The first kappa shape index (κ1) is 30.0. The van der Waals surface area contributed by atoms with Gasteiger partial charge >= 0.3 is 11.9 Å². The van der Waals surface area contributed by atoms with E-state index in [1.807, 2.05) is 13.0 Å². The van der Waals surface area contributed by atoms with Crippen LogP contribution in [-0.4, -0.2) is 42.1 Å². The van der Waals surface area contributed by atoms with E-state index >= 15 is 0 Å². The molecule has 0 unspecified atom stereocenters. The van der Waals surface area contributed by atoms with E-state index < -0.39 is 11.9 Å². The third kappa shape index (κ3) is 5.66. The molecule has 8 nitrogen and oxygen atoms in total. The highest BCUT2D eigenvalue weighted by Gasteiger charge is 2.25. The molecule has 5 heterocycles. The first-order valence-electron chi connectivity index (χ1n) is 14.9. The predicted molar refractivity (Wildman–Crippen MR) is 170 cm³/mol. The van der Waals surface area contributed by atoms with Crippen LogP contribution in [0, 0.1) is 27.7 Å². The Hall–Kier alpha value is -4.46. The van der Waals surface area contributed by atoms with Crippen molar-refractivity contribution >= 4 is 23.6 Å². The molecule has 0 radical (unpaired) electrons. The number of carboxylic acid groups (broad SMARTS) is 2. The quantitative estimate of drug-likeness (QED) is 0.122. The highest BCUT2D eigenvalue weighted by Crippen LogP contribution is 2.34. The number of hydrogen-bond donors (Lipinski definition) is 6. The van der Waals surface area contributed by atoms with Gasteiger partial charge in [0.1, 0.15) is 0 Å². The summed E-state index contributed by atoms with van der Waals surface area (Å²) in [5.74, 6) is -1.67. The van der Waals surface area contributed by atoms with Crippen LogP contribution in [0.3, 0.4) is 0 Å². The molecule has 1 aliphatic rings. The molecular formula is C35H42N4O4. The number of allylic oxidation sites excluding steroid dienone is 1. The topological polar surface area (TPSA) is 138 Å². The summed E-state index contributed by atoms with van der Waals surface area (Å²) in [5.41, 5.74) is 18.2. The molecule has 0 fully saturated rings. The van der Waals surface area contributed by atoms with Crippen molar-refractivity contribution < 1.29 is 19.8 Å². The Morgan fingerprint density at radius 1 is 0.651 bits per heavy atom. The Kier molecular flexibility index (Phi) is 8.14. The van der Waals surface area contributed by atoms with Gasteiger partial charge in [0.05, 0.1) is 0 Å². The Labute approximate surface area is 252 Å². The van der Waals surface area contributed by atoms with E-state index in [2.05, 4.69) is 60.8 Å². The molecule has 0 saturated heterocycles. The number of H-pyrrole nitrogens is 4. The third-order valence-electron chi connectivity index (χ3n) is 9.28. The molecule has 0 aliphatic carbocycles. The minimum atomic E-state index is -0.833. The summed E-state index contributed by atoms with van der Waals surface area (Å²) in [6.07, 6.45) is 5.30. The number of carboxylic acids is 2. The number of nitrogens with one attached hydrogen (secondary N) is 4. The minimum absolute atomic E-state index is 0.0366. The second-order valence-electron chi connectivity index (χ2n) is 12.1. The fourth-order valence-corrected chi connectivity index (χ4v) is 6.95. The number of fused-ring (bicyclic) bond motifs is 8. The fourth-order valence-electron chi connectivity index (χ4n) is 6.95. The Balaban J connectivity index is 1.73. The first-order chi connectivity index (χ1) is 20.4. The molecule has 1 aliphatic heterocycles. The van der Waals surface area contributed by atoms with Crippen LogP contribution in [0.4, 0.5) is 0 Å². The van der Waals surface area contributed by atoms with Crippen LogP contribution >= 0.6 is 0 Å². The maximum Gasteiger partial charge on any atom is 0.303 e. The van der Waals surface area contributed by atoms with Gasteiger partial charge in [-0.25, -0.2) is 0 Å². The molecule has 5 rings (SSSR count). The van der Waals surface area contributed by atoms with Crippen molar-refractivity contribution in [3.8, 4) is 0 Å². The predicted octanol–water partition coefficient (Wildman–Crippen LogP) is 6.62. The zero-order chi connectivity index (χ0) is 31.2. The highest BCUT2D eigenvalue weighted by atomic mass is 16.4. The molecule has 43 heavy (non-hydrogen) atoms. The van der Waals surface area contributed by atoms with Gasteiger partial charge in [-0.2, -0.15) is 0 Å². The molecule has 0 atom stereocenters. The molecule has 0 saturated carbocycles. The fraction of sp³-hybridized carbons (Fsp3) is 0.371. The van der Waals surface area contributed by atoms with Crippen molar-refractivity contribution in [2.75, 3.05) is 0 Å². The molecule has 8 heteroatoms. The smallest absolute Gasteiger partial charge is 0.303 e. The summed E-state index contributed by atoms with van der Waals surface area (Å²) in [7, 11) is 0. The van der Waals surface area contributed by atoms with Gasteiger partial charge in [0.15, 0.2) is 0 Å². The number of aromatic nitrogens is 4. The van der Waals surface area contributed by atoms with Crippen molar-refractivity contribution in [1.82, 2.24) is 19.9 Å². The van der Waals surface area contributed by atoms with Crippen molar-refractivity contribution in [3.05, 3.63) is 103 Å². The lowest BCUT2D eigenvalue weighted by atomic mass is 9.97. The lowest BCUT2D eigenvalue weighted by Gasteiger charge is -2.07. The Morgan fingerprint density at radius 3 is 1.53 bits per heavy atom. The van der Waals surface area contributed by atoms with E-state index in [1.165, 1.54) is 11.1 Å². The van der Waals surface area contributed by atoms with Crippen LogP contribution < -0.4 is 0 Å². The maximum absolute atomic E-state index is 11.6. The van der Waals surface area contributed by atoms with Crippen molar-refractivity contribution in [1.29, 1.82) is 0 Å². The van der Waals surface area contributed by atoms with Crippen LogP contribution in [0.25, 0.3) is 11.6 Å². The summed E-state index contributed by atoms with van der Waals surface area (Å²) in [6.45, 7) is 18.9. The van der Waals surface area contributed by atoms with Crippen LogP contribution in [0.1, 0.15) is 110 Å². The Morgan fingerprint density at radius 2 is 1.05 bits per heavy atom. The van der Waals surface area contributed by atoms with Gasteiger partial charge in [-0.15, -0.1) is 0 Å². The van der Waals surface area contributed by atoms with Gasteiger partial charge < -0.3 is 30.1 Å². The zero-order valence-corrected chi connectivity index (χ0v) is 25.9. The number of aromatic amines is 4. The molecular weight excluding hydrogens is 540 g/mol. The summed E-state index contributed by atoms with van der Waals surface area (Å²) in [6, 6.07) is 0. The molecule has 4 aromatic heterocycles. The third-order valence-corrected chi connectivity index (χ3v) is 9.28. The zero-order valence-electron chi connectivity index (χ0n) is 25.9. The summed E-state index contributed by atoms with van der Waals surface area (Å²) in [5, 5.41) is 19.0. The molecule has 4 aromatic rings. The average molecular weight is 583 g/mol. The summed E-state index contributed by atoms with van der Waals surface area (Å²) in [4.78, 5) is 38.0. The number of aliphatic carboxylic acids is 2.